The molecule has 1 N–H and O–H groups in total. The number of unbranched alkanes of at least 4 members (excludes halogenated alkanes) is 12. The van der Waals surface area contributed by atoms with Gasteiger partial charge in [-0.25, -0.2) is 0 Å². The van der Waals surface area contributed by atoms with Gasteiger partial charge in [0.25, 0.3) is 0 Å². The summed E-state index contributed by atoms with van der Waals surface area (Å²) in [6.45, 7) is 13.3. The van der Waals surface area contributed by atoms with E-state index in [1.165, 1.54) is 153 Å². The first-order chi connectivity index (χ1) is 15.2. The van der Waals surface area contributed by atoms with Crippen molar-refractivity contribution in [2.45, 2.75) is 168 Å². The van der Waals surface area contributed by atoms with Gasteiger partial charge in [0.2, 0.25) is 0 Å². The van der Waals surface area contributed by atoms with Gasteiger partial charge in [0.1, 0.15) is 6.67 Å². The molecule has 1 saturated heterocycles. The van der Waals surface area contributed by atoms with E-state index in [4.69, 9.17) is 0 Å². The van der Waals surface area contributed by atoms with Gasteiger partial charge < -0.3 is 4.48 Å². The Bertz CT molecular complexity index is 321. The zero-order chi connectivity index (χ0) is 22.6. The third-order valence-electron chi connectivity index (χ3n) is 8.13. The Labute approximate surface area is 197 Å². The van der Waals surface area contributed by atoms with Gasteiger partial charge in [-0.3, -0.25) is 5.32 Å². The third kappa shape index (κ3) is 11.6. The molecule has 0 bridgehead atoms. The minimum Gasteiger partial charge on any atom is -0.305 e. The summed E-state index contributed by atoms with van der Waals surface area (Å²) in [5, 5.41) is 3.85. The highest BCUT2D eigenvalue weighted by atomic mass is 15.5. The predicted octanol–water partition coefficient (Wildman–Crippen LogP) is 8.98. The van der Waals surface area contributed by atoms with Crippen molar-refractivity contribution in [2.24, 2.45) is 0 Å². The van der Waals surface area contributed by atoms with Crippen LogP contribution in [0.15, 0.2) is 0 Å². The largest absolute Gasteiger partial charge is 0.305 e. The van der Waals surface area contributed by atoms with Crippen molar-refractivity contribution in [2.75, 3.05) is 19.8 Å². The normalized spacial score (nSPS) is 16.1. The molecule has 1 heterocycles. The van der Waals surface area contributed by atoms with Crippen molar-refractivity contribution in [3.05, 3.63) is 0 Å². The first kappa shape index (κ1) is 29.0. The Hall–Kier alpha value is -0.0800. The summed E-state index contributed by atoms with van der Waals surface area (Å²) in [7, 11) is 0. The van der Waals surface area contributed by atoms with Gasteiger partial charge in [-0.1, -0.05) is 105 Å². The number of quaternary nitrogens is 1. The topological polar surface area (TPSA) is 12.0 Å². The number of nitrogens with zero attached hydrogens (tertiary/aromatic N) is 1. The van der Waals surface area contributed by atoms with E-state index in [1.54, 1.807) is 0 Å². The Morgan fingerprint density at radius 2 is 0.871 bits per heavy atom. The lowest BCUT2D eigenvalue weighted by Gasteiger charge is -2.47. The van der Waals surface area contributed by atoms with Crippen LogP contribution in [0.1, 0.15) is 156 Å². The lowest BCUT2D eigenvalue weighted by atomic mass is 9.91. The predicted molar refractivity (Wildman–Crippen MR) is 141 cm³/mol. The molecular weight excluding hydrogens is 376 g/mol. The molecule has 0 spiro atoms. The molecule has 1 aliphatic heterocycles. The molecule has 1 aliphatic rings. The minimum absolute atomic E-state index is 0.908. The molecule has 1 fully saturated rings. The summed E-state index contributed by atoms with van der Waals surface area (Å²) < 4.78 is 1.44. The second-order valence-electron chi connectivity index (χ2n) is 10.7. The maximum Gasteiger partial charge on any atom is 0.133 e. The number of nitrogens with one attached hydrogen (secondary N) is 1. The number of rotatable bonds is 22. The molecule has 0 aromatic heterocycles. The maximum absolute atomic E-state index is 3.85. The van der Waals surface area contributed by atoms with Gasteiger partial charge >= 0.3 is 0 Å². The Morgan fingerprint density at radius 1 is 0.516 bits per heavy atom. The molecule has 0 radical (unpaired) electrons. The Kier molecular flexibility index (Phi) is 18.1. The smallest absolute Gasteiger partial charge is 0.133 e. The molecular formula is C29H61N2+. The van der Waals surface area contributed by atoms with Gasteiger partial charge in [0, 0.05) is 6.54 Å². The molecule has 0 amide bonds. The van der Waals surface area contributed by atoms with Crippen molar-refractivity contribution >= 4 is 0 Å². The van der Waals surface area contributed by atoms with E-state index >= 15 is 0 Å². The second kappa shape index (κ2) is 19.4. The third-order valence-corrected chi connectivity index (χ3v) is 8.13. The molecule has 31 heavy (non-hydrogen) atoms. The summed E-state index contributed by atoms with van der Waals surface area (Å²) in [5.41, 5.74) is 0. The van der Waals surface area contributed by atoms with Crippen molar-refractivity contribution in [3.8, 4) is 0 Å². The van der Waals surface area contributed by atoms with Crippen LogP contribution < -0.4 is 5.32 Å². The molecule has 0 aromatic rings. The van der Waals surface area contributed by atoms with Crippen LogP contribution in [-0.4, -0.2) is 36.3 Å². The fraction of sp³-hybridized carbons (Fsp3) is 1.00. The molecule has 0 aromatic carbocycles. The van der Waals surface area contributed by atoms with Crippen LogP contribution in [0.3, 0.4) is 0 Å². The van der Waals surface area contributed by atoms with Crippen LogP contribution in [0.2, 0.25) is 0 Å². The van der Waals surface area contributed by atoms with E-state index in [0.717, 1.165) is 12.1 Å². The Morgan fingerprint density at radius 3 is 1.13 bits per heavy atom. The van der Waals surface area contributed by atoms with Gasteiger partial charge in [-0.15, -0.1) is 0 Å². The fourth-order valence-electron chi connectivity index (χ4n) is 6.12. The van der Waals surface area contributed by atoms with Crippen LogP contribution in [0.5, 0.6) is 0 Å². The molecule has 1 rings (SSSR count). The van der Waals surface area contributed by atoms with Crippen LogP contribution >= 0.6 is 0 Å². The van der Waals surface area contributed by atoms with Crippen LogP contribution in [-0.2, 0) is 0 Å². The van der Waals surface area contributed by atoms with Gasteiger partial charge in [-0.05, 0) is 51.4 Å². The zero-order valence-electron chi connectivity index (χ0n) is 22.4. The van der Waals surface area contributed by atoms with E-state index < -0.39 is 0 Å². The van der Waals surface area contributed by atoms with Crippen molar-refractivity contribution in [1.82, 2.24) is 5.32 Å². The first-order valence-corrected chi connectivity index (χ1v) is 14.8. The second-order valence-corrected chi connectivity index (χ2v) is 10.7. The average Bonchev–Trinajstić information content (AvgIpc) is 3.27. The number of hydrogen-bond acceptors (Lipinski definition) is 1. The molecule has 0 saturated carbocycles. The SMILES string of the molecule is CCCCCCC(CCCCCC)[N+]1(C(CCCCCC)CCCCCC)CCNC1. The van der Waals surface area contributed by atoms with E-state index in [0.29, 0.717) is 0 Å². The van der Waals surface area contributed by atoms with E-state index in [1.807, 2.05) is 0 Å². The van der Waals surface area contributed by atoms with Crippen LogP contribution in [0, 0.1) is 0 Å². The molecule has 0 unspecified atom stereocenters. The lowest BCUT2D eigenvalue weighted by molar-refractivity contribution is -0.965. The Balaban J connectivity index is 2.89. The molecule has 186 valence electrons. The summed E-state index contributed by atoms with van der Waals surface area (Å²) in [6, 6.07) is 1.82. The fourth-order valence-corrected chi connectivity index (χ4v) is 6.12. The molecule has 0 atom stereocenters. The first-order valence-electron chi connectivity index (χ1n) is 14.8. The summed E-state index contributed by atoms with van der Waals surface area (Å²) in [4.78, 5) is 0. The van der Waals surface area contributed by atoms with E-state index in [-0.39, 0.29) is 0 Å². The lowest BCUT2D eigenvalue weighted by Crippen LogP contribution is -2.60. The van der Waals surface area contributed by atoms with Gasteiger partial charge in [0.15, 0.2) is 0 Å². The maximum atomic E-state index is 3.85. The highest BCUT2D eigenvalue weighted by Crippen LogP contribution is 2.34. The quantitative estimate of drug-likeness (QED) is 0.132. The van der Waals surface area contributed by atoms with E-state index in [2.05, 4.69) is 33.0 Å². The van der Waals surface area contributed by atoms with Crippen LogP contribution in [0.4, 0.5) is 0 Å². The van der Waals surface area contributed by atoms with Gasteiger partial charge in [0.05, 0.1) is 18.6 Å². The van der Waals surface area contributed by atoms with Crippen molar-refractivity contribution in [3.63, 3.8) is 0 Å². The highest BCUT2D eigenvalue weighted by molar-refractivity contribution is 4.74. The van der Waals surface area contributed by atoms with Crippen molar-refractivity contribution in [1.29, 1.82) is 0 Å². The number of hydrogen-bond donors (Lipinski definition) is 1. The van der Waals surface area contributed by atoms with E-state index in [9.17, 15) is 0 Å². The monoisotopic (exact) mass is 437 g/mol. The molecule has 2 nitrogen and oxygen atoms in total. The summed E-state index contributed by atoms with van der Waals surface area (Å²) in [6.07, 6.45) is 28.7. The summed E-state index contributed by atoms with van der Waals surface area (Å²) >= 11 is 0. The zero-order valence-corrected chi connectivity index (χ0v) is 22.4. The van der Waals surface area contributed by atoms with Gasteiger partial charge in [-0.2, -0.15) is 0 Å². The minimum atomic E-state index is 0.908. The van der Waals surface area contributed by atoms with Crippen LogP contribution in [0.25, 0.3) is 0 Å². The van der Waals surface area contributed by atoms with Crippen molar-refractivity contribution < 1.29 is 4.48 Å². The molecule has 0 aliphatic carbocycles. The standard InChI is InChI=1S/C29H61N2/c1-5-9-13-17-21-28(22-18-14-10-6-2)31(26-25-30-27-31)29(23-19-15-11-7-3)24-20-16-12-8-4/h28-30H,5-27H2,1-4H3/q+1. The highest BCUT2D eigenvalue weighted by Gasteiger charge is 2.44. The average molecular weight is 438 g/mol. The summed E-state index contributed by atoms with van der Waals surface area (Å²) in [5.74, 6) is 0. The molecule has 2 heteroatoms.